The summed E-state index contributed by atoms with van der Waals surface area (Å²) in [6.07, 6.45) is 1.15. The first-order chi connectivity index (χ1) is 11.4. The zero-order valence-corrected chi connectivity index (χ0v) is 12.5. The van der Waals surface area contributed by atoms with E-state index in [1.165, 1.54) is 18.2 Å². The maximum absolute atomic E-state index is 11.5. The van der Waals surface area contributed by atoms with E-state index in [0.717, 1.165) is 6.08 Å². The monoisotopic (exact) mass is 335 g/mol. The number of carbonyl (C=O) groups is 3. The van der Waals surface area contributed by atoms with Crippen molar-refractivity contribution in [2.75, 3.05) is 13.2 Å². The van der Waals surface area contributed by atoms with Crippen LogP contribution in [-0.2, 0) is 14.3 Å². The molecule has 0 bridgehead atoms. The highest BCUT2D eigenvalue weighted by Gasteiger charge is 2.24. The summed E-state index contributed by atoms with van der Waals surface area (Å²) in [5.41, 5.74) is -0.390. The van der Waals surface area contributed by atoms with Gasteiger partial charge in [0.05, 0.1) is 17.1 Å². The third kappa shape index (κ3) is 4.06. The molecule has 1 saturated heterocycles. The summed E-state index contributed by atoms with van der Waals surface area (Å²) in [5, 5.41) is 15.3. The summed E-state index contributed by atoms with van der Waals surface area (Å²) in [4.78, 5) is 44.3. The summed E-state index contributed by atoms with van der Waals surface area (Å²) in [7, 11) is 0. The second kappa shape index (κ2) is 7.22. The van der Waals surface area contributed by atoms with Crippen LogP contribution in [0.15, 0.2) is 23.9 Å². The minimum atomic E-state index is -0.719. The number of nitrogens with one attached hydrogen (secondary N) is 2. The van der Waals surface area contributed by atoms with E-state index >= 15 is 0 Å². The van der Waals surface area contributed by atoms with Crippen LogP contribution in [-0.4, -0.2) is 36.0 Å². The van der Waals surface area contributed by atoms with E-state index in [1.54, 1.807) is 6.92 Å². The number of nitrogens with zero attached hydrogens (tertiary/aromatic N) is 1. The first-order valence-electron chi connectivity index (χ1n) is 6.81. The Morgan fingerprint density at radius 3 is 2.67 bits per heavy atom. The third-order valence-electron chi connectivity index (χ3n) is 2.88. The largest absolute Gasteiger partial charge is 0.482 e. The van der Waals surface area contributed by atoms with Crippen LogP contribution in [0.25, 0.3) is 6.08 Å². The molecule has 1 fully saturated rings. The average Bonchev–Trinajstić information content (AvgIpc) is 2.83. The molecule has 1 aromatic carbocycles. The van der Waals surface area contributed by atoms with Crippen molar-refractivity contribution in [1.29, 1.82) is 0 Å². The van der Waals surface area contributed by atoms with Crippen LogP contribution in [0.3, 0.4) is 0 Å². The molecule has 0 spiro atoms. The molecule has 2 rings (SSSR count). The summed E-state index contributed by atoms with van der Waals surface area (Å²) in [5.74, 6) is -1.12. The van der Waals surface area contributed by atoms with Crippen molar-refractivity contribution in [2.45, 2.75) is 6.92 Å². The van der Waals surface area contributed by atoms with Gasteiger partial charge in [0.1, 0.15) is 11.4 Å². The Labute approximate surface area is 135 Å². The molecule has 1 aliphatic rings. The number of ether oxygens (including phenoxy) is 2. The predicted molar refractivity (Wildman–Crippen MR) is 79.9 cm³/mol. The second-order valence-corrected chi connectivity index (χ2v) is 4.54. The van der Waals surface area contributed by atoms with Gasteiger partial charge in [0, 0.05) is 6.07 Å². The molecule has 126 valence electrons. The highest BCUT2D eigenvalue weighted by Crippen LogP contribution is 2.26. The van der Waals surface area contributed by atoms with Gasteiger partial charge in [0.15, 0.2) is 6.61 Å². The molecule has 0 atom stereocenters. The Morgan fingerprint density at radius 2 is 2.08 bits per heavy atom. The Kier molecular flexibility index (Phi) is 5.09. The fourth-order valence-corrected chi connectivity index (χ4v) is 1.89. The van der Waals surface area contributed by atoms with E-state index in [4.69, 9.17) is 9.47 Å². The Morgan fingerprint density at radius 1 is 1.33 bits per heavy atom. The molecule has 0 saturated carbocycles. The molecular formula is C14H13N3O7. The molecule has 0 radical (unpaired) electrons. The van der Waals surface area contributed by atoms with Crippen molar-refractivity contribution in [3.05, 3.63) is 39.6 Å². The van der Waals surface area contributed by atoms with E-state index in [0.29, 0.717) is 0 Å². The van der Waals surface area contributed by atoms with Crippen molar-refractivity contribution in [3.8, 4) is 5.75 Å². The lowest BCUT2D eigenvalue weighted by molar-refractivity contribution is -0.385. The van der Waals surface area contributed by atoms with Gasteiger partial charge in [-0.3, -0.25) is 20.2 Å². The maximum Gasteiger partial charge on any atom is 0.344 e. The molecule has 10 nitrogen and oxygen atoms in total. The summed E-state index contributed by atoms with van der Waals surface area (Å²) >= 11 is 0. The summed E-state index contributed by atoms with van der Waals surface area (Å²) in [6, 6.07) is 3.04. The molecule has 1 heterocycles. The minimum Gasteiger partial charge on any atom is -0.482 e. The zero-order chi connectivity index (χ0) is 17.7. The standard InChI is InChI=1S/C14H13N3O7/c1-2-23-12(18)7-24-9-3-4-11(17(21)22)8(5-9)6-10-13(19)16-14(20)15-10/h3-6H,2,7H2,1H3,(H2,15,16,19,20). The highest BCUT2D eigenvalue weighted by atomic mass is 16.6. The van der Waals surface area contributed by atoms with Crippen LogP contribution in [0.2, 0.25) is 0 Å². The lowest BCUT2D eigenvalue weighted by Gasteiger charge is -2.07. The Bertz CT molecular complexity index is 742. The summed E-state index contributed by atoms with van der Waals surface area (Å²) < 4.78 is 9.90. The number of esters is 1. The van der Waals surface area contributed by atoms with Crippen LogP contribution in [0, 0.1) is 10.1 Å². The number of hydrogen-bond acceptors (Lipinski definition) is 7. The van der Waals surface area contributed by atoms with Crippen LogP contribution in [0.1, 0.15) is 12.5 Å². The SMILES string of the molecule is CCOC(=O)COc1ccc([N+](=O)[O-])c(C=C2NC(=O)NC2=O)c1. The number of nitro benzene ring substituents is 1. The molecular weight excluding hydrogens is 322 g/mol. The van der Waals surface area contributed by atoms with Crippen molar-refractivity contribution in [1.82, 2.24) is 10.6 Å². The molecule has 0 aliphatic carbocycles. The molecule has 0 unspecified atom stereocenters. The lowest BCUT2D eigenvalue weighted by atomic mass is 10.1. The Hall–Kier alpha value is -3.43. The van der Waals surface area contributed by atoms with Crippen molar-refractivity contribution in [3.63, 3.8) is 0 Å². The molecule has 3 amide bonds. The summed E-state index contributed by atoms with van der Waals surface area (Å²) in [6.45, 7) is 1.49. The van der Waals surface area contributed by atoms with E-state index in [-0.39, 0.29) is 35.9 Å². The molecule has 1 aromatic rings. The van der Waals surface area contributed by atoms with Gasteiger partial charge in [-0.25, -0.2) is 9.59 Å². The number of benzene rings is 1. The molecule has 0 aromatic heterocycles. The molecule has 24 heavy (non-hydrogen) atoms. The van der Waals surface area contributed by atoms with E-state index in [9.17, 15) is 24.5 Å². The molecule has 2 N–H and O–H groups in total. The molecule has 1 aliphatic heterocycles. The number of carbonyl (C=O) groups excluding carboxylic acids is 3. The topological polar surface area (TPSA) is 137 Å². The van der Waals surface area contributed by atoms with Crippen molar-refractivity contribution < 1.29 is 28.8 Å². The lowest BCUT2D eigenvalue weighted by Crippen LogP contribution is -2.22. The van der Waals surface area contributed by atoms with Crippen molar-refractivity contribution in [2.24, 2.45) is 0 Å². The van der Waals surface area contributed by atoms with Gasteiger partial charge < -0.3 is 14.8 Å². The highest BCUT2D eigenvalue weighted by molar-refractivity contribution is 6.14. The number of hydrogen-bond donors (Lipinski definition) is 2. The van der Waals surface area contributed by atoms with Gasteiger partial charge in [-0.15, -0.1) is 0 Å². The Balaban J connectivity index is 2.27. The quantitative estimate of drug-likeness (QED) is 0.257. The van der Waals surface area contributed by atoms with Crippen LogP contribution < -0.4 is 15.4 Å². The number of imide groups is 1. The fraction of sp³-hybridized carbons (Fsp3) is 0.214. The van der Waals surface area contributed by atoms with Gasteiger partial charge in [-0.1, -0.05) is 0 Å². The van der Waals surface area contributed by atoms with Crippen LogP contribution in [0.4, 0.5) is 10.5 Å². The van der Waals surface area contributed by atoms with Crippen LogP contribution in [0.5, 0.6) is 5.75 Å². The van der Waals surface area contributed by atoms with E-state index in [2.05, 4.69) is 5.32 Å². The van der Waals surface area contributed by atoms with Gasteiger partial charge in [0.2, 0.25) is 0 Å². The number of rotatable bonds is 6. The second-order valence-electron chi connectivity index (χ2n) is 4.54. The van der Waals surface area contributed by atoms with Gasteiger partial charge in [-0.2, -0.15) is 0 Å². The fourth-order valence-electron chi connectivity index (χ4n) is 1.89. The first kappa shape index (κ1) is 16.9. The van der Waals surface area contributed by atoms with Crippen molar-refractivity contribution >= 4 is 29.7 Å². The molecule has 10 heteroatoms. The van der Waals surface area contributed by atoms with Gasteiger partial charge in [0.25, 0.3) is 11.6 Å². The van der Waals surface area contributed by atoms with Gasteiger partial charge in [-0.05, 0) is 25.1 Å². The van der Waals surface area contributed by atoms with E-state index in [1.807, 2.05) is 5.32 Å². The smallest absolute Gasteiger partial charge is 0.344 e. The average molecular weight is 335 g/mol. The van der Waals surface area contributed by atoms with Gasteiger partial charge >= 0.3 is 12.0 Å². The zero-order valence-electron chi connectivity index (χ0n) is 12.5. The van der Waals surface area contributed by atoms with Crippen LogP contribution >= 0.6 is 0 Å². The first-order valence-corrected chi connectivity index (χ1v) is 6.81. The number of amides is 3. The minimum absolute atomic E-state index is 0.0358. The number of urea groups is 1. The number of nitro groups is 1. The third-order valence-corrected chi connectivity index (χ3v) is 2.88. The van der Waals surface area contributed by atoms with E-state index < -0.39 is 22.8 Å². The maximum atomic E-state index is 11.5. The predicted octanol–water partition coefficient (Wildman–Crippen LogP) is 0.717. The normalized spacial score (nSPS) is 15.0.